The molecule has 0 aromatic heterocycles. The summed E-state index contributed by atoms with van der Waals surface area (Å²) in [6.07, 6.45) is 0. The van der Waals surface area contributed by atoms with Gasteiger partial charge >= 0.3 is 0 Å². The third kappa shape index (κ3) is 2.65. The van der Waals surface area contributed by atoms with Gasteiger partial charge in [0, 0.05) is 6.04 Å². The molecule has 0 saturated carbocycles. The first-order valence-electron chi connectivity index (χ1n) is 4.50. The summed E-state index contributed by atoms with van der Waals surface area (Å²) < 4.78 is 5.09. The monoisotopic (exact) mass is 217 g/mol. The number of carbonyl (C=O) groups excluding carboxylic acids is 2. The van der Waals surface area contributed by atoms with Gasteiger partial charge in [-0.25, -0.2) is 5.48 Å². The number of amides is 2. The molecule has 0 spiro atoms. The van der Waals surface area contributed by atoms with Crippen LogP contribution in [0.4, 0.5) is 0 Å². The van der Waals surface area contributed by atoms with E-state index in [1.54, 1.807) is 6.92 Å². The largest absolute Gasteiger partial charge is 0.379 e. The first-order chi connectivity index (χ1) is 6.97. The lowest BCUT2D eigenvalue weighted by atomic mass is 9.85. The minimum atomic E-state index is -0.822. The summed E-state index contributed by atoms with van der Waals surface area (Å²) >= 11 is 0. The maximum absolute atomic E-state index is 11.6. The van der Waals surface area contributed by atoms with Crippen molar-refractivity contribution in [3.63, 3.8) is 0 Å². The minimum absolute atomic E-state index is 0.236. The molecule has 5 N–H and O–H groups in total. The van der Waals surface area contributed by atoms with Crippen LogP contribution in [0.1, 0.15) is 6.92 Å². The van der Waals surface area contributed by atoms with Gasteiger partial charge in [-0.05, 0) is 6.92 Å². The minimum Gasteiger partial charge on any atom is -0.379 e. The van der Waals surface area contributed by atoms with E-state index in [9.17, 15) is 9.59 Å². The lowest BCUT2D eigenvalue weighted by Crippen LogP contribution is -2.50. The molecule has 1 heterocycles. The summed E-state index contributed by atoms with van der Waals surface area (Å²) in [7, 11) is 0. The van der Waals surface area contributed by atoms with Crippen LogP contribution in [0.15, 0.2) is 0 Å². The Morgan fingerprint density at radius 2 is 2.33 bits per heavy atom. The third-order valence-electron chi connectivity index (χ3n) is 2.42. The Labute approximate surface area is 87.0 Å². The average molecular weight is 217 g/mol. The lowest BCUT2D eigenvalue weighted by molar-refractivity contribution is -0.146. The summed E-state index contributed by atoms with van der Waals surface area (Å²) in [5.41, 5.74) is 11.8. The first kappa shape index (κ1) is 11.9. The van der Waals surface area contributed by atoms with Crippen molar-refractivity contribution in [2.75, 3.05) is 19.8 Å². The number of nitrogens with one attached hydrogen (secondary N) is 1. The lowest BCUT2D eigenvalue weighted by Gasteiger charge is -2.24. The number of primary amides is 1. The maximum atomic E-state index is 11.6. The normalized spacial score (nSPS) is 30.1. The molecular weight excluding hydrogens is 202 g/mol. The standard InChI is InChI=1S/C8H15N3O4/c1-8(4-14-2-5(8)9)7(13)11-15-3-6(10)12/h5H,2-4,9H2,1H3,(H2,10,12)(H,11,13). The molecule has 7 heteroatoms. The number of hydroxylamine groups is 1. The Hall–Kier alpha value is -1.18. The topological polar surface area (TPSA) is 117 Å². The SMILES string of the molecule is CC1(C(=O)NOCC(N)=O)COCC1N. The van der Waals surface area contributed by atoms with E-state index in [4.69, 9.17) is 16.2 Å². The van der Waals surface area contributed by atoms with Gasteiger partial charge in [-0.1, -0.05) is 0 Å². The van der Waals surface area contributed by atoms with Crippen molar-refractivity contribution in [2.45, 2.75) is 13.0 Å². The van der Waals surface area contributed by atoms with E-state index in [1.165, 1.54) is 0 Å². The number of nitrogens with two attached hydrogens (primary N) is 2. The molecule has 1 aliphatic rings. The molecule has 0 radical (unpaired) electrons. The fourth-order valence-corrected chi connectivity index (χ4v) is 1.21. The van der Waals surface area contributed by atoms with Gasteiger partial charge in [-0.15, -0.1) is 0 Å². The summed E-state index contributed by atoms with van der Waals surface area (Å²) in [6, 6.07) is -0.380. The van der Waals surface area contributed by atoms with Crippen LogP contribution >= 0.6 is 0 Å². The molecule has 1 rings (SSSR count). The number of rotatable bonds is 4. The van der Waals surface area contributed by atoms with E-state index in [2.05, 4.69) is 10.3 Å². The van der Waals surface area contributed by atoms with Crippen molar-refractivity contribution in [1.29, 1.82) is 0 Å². The predicted molar refractivity (Wildman–Crippen MR) is 50.2 cm³/mol. The van der Waals surface area contributed by atoms with Crippen molar-refractivity contribution in [1.82, 2.24) is 5.48 Å². The van der Waals surface area contributed by atoms with Gasteiger partial charge in [0.1, 0.15) is 0 Å². The second-order valence-corrected chi connectivity index (χ2v) is 3.73. The van der Waals surface area contributed by atoms with E-state index < -0.39 is 17.2 Å². The van der Waals surface area contributed by atoms with Crippen LogP contribution < -0.4 is 16.9 Å². The highest BCUT2D eigenvalue weighted by molar-refractivity contribution is 5.83. The molecule has 7 nitrogen and oxygen atoms in total. The summed E-state index contributed by atoms with van der Waals surface area (Å²) in [5, 5.41) is 0. The number of hydrogen-bond donors (Lipinski definition) is 3. The smallest absolute Gasteiger partial charge is 0.253 e. The molecule has 0 aromatic rings. The van der Waals surface area contributed by atoms with Crippen LogP contribution in [0.5, 0.6) is 0 Å². The number of hydrogen-bond acceptors (Lipinski definition) is 5. The van der Waals surface area contributed by atoms with Crippen molar-refractivity contribution in [2.24, 2.45) is 16.9 Å². The molecule has 0 aromatic carbocycles. The molecule has 2 unspecified atom stereocenters. The highest BCUT2D eigenvalue weighted by Gasteiger charge is 2.44. The van der Waals surface area contributed by atoms with Gasteiger partial charge in [0.25, 0.3) is 5.91 Å². The van der Waals surface area contributed by atoms with Crippen LogP contribution in [0, 0.1) is 5.41 Å². The highest BCUT2D eigenvalue weighted by atomic mass is 16.7. The quantitative estimate of drug-likeness (QED) is 0.466. The second kappa shape index (κ2) is 4.56. The van der Waals surface area contributed by atoms with Gasteiger partial charge in [-0.3, -0.25) is 14.4 Å². The zero-order chi connectivity index (χ0) is 11.5. The number of carbonyl (C=O) groups is 2. The summed E-state index contributed by atoms with van der Waals surface area (Å²) in [4.78, 5) is 26.6. The van der Waals surface area contributed by atoms with Gasteiger partial charge < -0.3 is 16.2 Å². The third-order valence-corrected chi connectivity index (χ3v) is 2.42. The predicted octanol–water partition coefficient (Wildman–Crippen LogP) is -2.12. The fourth-order valence-electron chi connectivity index (χ4n) is 1.21. The van der Waals surface area contributed by atoms with Gasteiger partial charge in [-0.2, -0.15) is 0 Å². The van der Waals surface area contributed by atoms with E-state index >= 15 is 0 Å². The Kier molecular flexibility index (Phi) is 3.61. The van der Waals surface area contributed by atoms with E-state index in [1.807, 2.05) is 0 Å². The molecule has 1 fully saturated rings. The molecule has 0 bridgehead atoms. The number of ether oxygens (including phenoxy) is 1. The summed E-state index contributed by atoms with van der Waals surface area (Å²) in [6.45, 7) is 1.88. The Balaban J connectivity index is 2.42. The van der Waals surface area contributed by atoms with Crippen molar-refractivity contribution >= 4 is 11.8 Å². The Morgan fingerprint density at radius 1 is 1.67 bits per heavy atom. The van der Waals surface area contributed by atoms with Crippen LogP contribution in [-0.2, 0) is 19.2 Å². The van der Waals surface area contributed by atoms with Gasteiger partial charge in [0.15, 0.2) is 6.61 Å². The van der Waals surface area contributed by atoms with Crippen molar-refractivity contribution in [3.05, 3.63) is 0 Å². The zero-order valence-electron chi connectivity index (χ0n) is 8.49. The fraction of sp³-hybridized carbons (Fsp3) is 0.750. The zero-order valence-corrected chi connectivity index (χ0v) is 8.49. The highest BCUT2D eigenvalue weighted by Crippen LogP contribution is 2.26. The van der Waals surface area contributed by atoms with Crippen molar-refractivity contribution < 1.29 is 19.2 Å². The van der Waals surface area contributed by atoms with Crippen LogP contribution in [0.3, 0.4) is 0 Å². The Bertz CT molecular complexity index is 271. The molecule has 0 aliphatic carbocycles. The van der Waals surface area contributed by atoms with E-state index in [0.717, 1.165) is 0 Å². The molecule has 15 heavy (non-hydrogen) atoms. The molecular formula is C8H15N3O4. The first-order valence-corrected chi connectivity index (χ1v) is 4.50. The van der Waals surface area contributed by atoms with Crippen molar-refractivity contribution in [3.8, 4) is 0 Å². The molecule has 2 amide bonds. The van der Waals surface area contributed by atoms with E-state index in [0.29, 0.717) is 6.61 Å². The van der Waals surface area contributed by atoms with Gasteiger partial charge in [0.05, 0.1) is 18.6 Å². The molecule has 1 aliphatic heterocycles. The molecule has 2 atom stereocenters. The molecule has 1 saturated heterocycles. The molecule has 86 valence electrons. The second-order valence-electron chi connectivity index (χ2n) is 3.73. The summed E-state index contributed by atoms with van der Waals surface area (Å²) in [5.74, 6) is -1.07. The van der Waals surface area contributed by atoms with Crippen LogP contribution in [0.25, 0.3) is 0 Å². The van der Waals surface area contributed by atoms with E-state index in [-0.39, 0.29) is 19.3 Å². The maximum Gasteiger partial charge on any atom is 0.253 e. The van der Waals surface area contributed by atoms with Crippen LogP contribution in [-0.4, -0.2) is 37.7 Å². The Morgan fingerprint density at radius 3 is 2.80 bits per heavy atom. The van der Waals surface area contributed by atoms with Crippen LogP contribution in [0.2, 0.25) is 0 Å². The van der Waals surface area contributed by atoms with Gasteiger partial charge in [0.2, 0.25) is 5.91 Å². The average Bonchev–Trinajstić information content (AvgIpc) is 2.47.